The first kappa shape index (κ1) is 17.6. The van der Waals surface area contributed by atoms with Gasteiger partial charge in [-0.3, -0.25) is 0 Å². The van der Waals surface area contributed by atoms with Gasteiger partial charge in [0.1, 0.15) is 10.7 Å². The Labute approximate surface area is 128 Å². The summed E-state index contributed by atoms with van der Waals surface area (Å²) in [4.78, 5) is 0.146. The number of methoxy groups -OCH3 is 1. The van der Waals surface area contributed by atoms with E-state index in [-0.39, 0.29) is 15.6 Å². The van der Waals surface area contributed by atoms with E-state index in [9.17, 15) is 8.42 Å². The van der Waals surface area contributed by atoms with E-state index in [1.165, 1.54) is 10.4 Å². The fourth-order valence-electron chi connectivity index (χ4n) is 2.00. The molecule has 0 aliphatic carbocycles. The van der Waals surface area contributed by atoms with E-state index in [1.807, 2.05) is 6.92 Å². The second kappa shape index (κ2) is 7.56. The van der Waals surface area contributed by atoms with Crippen LogP contribution in [0.2, 0.25) is 0 Å². The molecule has 6 nitrogen and oxygen atoms in total. The Bertz CT molecular complexity index is 530. The van der Waals surface area contributed by atoms with Crippen molar-refractivity contribution in [1.29, 1.82) is 0 Å². The van der Waals surface area contributed by atoms with Crippen LogP contribution in [0.15, 0.2) is 20.0 Å². The van der Waals surface area contributed by atoms with Gasteiger partial charge in [0.15, 0.2) is 4.67 Å². The van der Waals surface area contributed by atoms with E-state index < -0.39 is 10.0 Å². The summed E-state index contributed by atoms with van der Waals surface area (Å²) in [7, 11) is -0.297. The fraction of sp³-hybridized carbons (Fsp3) is 0.667. The van der Waals surface area contributed by atoms with Crippen LogP contribution in [0, 0.1) is 0 Å². The van der Waals surface area contributed by atoms with Gasteiger partial charge in [-0.05, 0) is 29.9 Å². The summed E-state index contributed by atoms with van der Waals surface area (Å²) < 4.78 is 37.4. The van der Waals surface area contributed by atoms with Gasteiger partial charge < -0.3 is 14.5 Å². The molecule has 0 saturated heterocycles. The molecule has 116 valence electrons. The third kappa shape index (κ3) is 3.82. The molecular weight excluding hydrogens is 348 g/mol. The van der Waals surface area contributed by atoms with Crippen molar-refractivity contribution >= 4 is 26.0 Å². The molecule has 0 aromatic carbocycles. The largest absolute Gasteiger partial charge is 0.452 e. The molecule has 1 unspecified atom stereocenters. The molecule has 0 fully saturated rings. The standard InChI is InChI=1S/C12H21BrN2O4S/c1-5-15(9(2)8-18-4)20(16,17)11-6-10(7-14-3)19-12(11)13/h6,9,14H,5,7-8H2,1-4H3. The van der Waals surface area contributed by atoms with Crippen molar-refractivity contribution in [2.75, 3.05) is 27.3 Å². The van der Waals surface area contributed by atoms with Crippen LogP contribution >= 0.6 is 15.9 Å². The SMILES string of the molecule is CCN(C(C)COC)S(=O)(=O)c1cc(CNC)oc1Br. The summed E-state index contributed by atoms with van der Waals surface area (Å²) in [5.41, 5.74) is 0. The molecule has 0 saturated carbocycles. The number of halogens is 1. The normalized spacial score (nSPS) is 13.9. The molecule has 1 aromatic heterocycles. The zero-order valence-corrected chi connectivity index (χ0v) is 14.5. The maximum absolute atomic E-state index is 12.7. The Kier molecular flexibility index (Phi) is 6.67. The van der Waals surface area contributed by atoms with Crippen molar-refractivity contribution in [1.82, 2.24) is 9.62 Å². The van der Waals surface area contributed by atoms with E-state index in [0.717, 1.165) is 0 Å². The van der Waals surface area contributed by atoms with Crippen molar-refractivity contribution in [3.8, 4) is 0 Å². The predicted octanol–water partition coefficient (Wildman–Crippen LogP) is 1.81. The number of likely N-dealkylation sites (N-methyl/N-ethyl adjacent to an activating group) is 1. The minimum absolute atomic E-state index is 0.146. The van der Waals surface area contributed by atoms with Crippen LogP contribution in [0.25, 0.3) is 0 Å². The number of ether oxygens (including phenoxy) is 1. The Morgan fingerprint density at radius 1 is 1.55 bits per heavy atom. The van der Waals surface area contributed by atoms with Gasteiger partial charge in [-0.1, -0.05) is 6.92 Å². The number of nitrogens with one attached hydrogen (secondary N) is 1. The Morgan fingerprint density at radius 2 is 2.20 bits per heavy atom. The number of rotatable bonds is 8. The zero-order chi connectivity index (χ0) is 15.3. The molecule has 0 aliphatic heterocycles. The van der Waals surface area contributed by atoms with Crippen LogP contribution in [0.3, 0.4) is 0 Å². The average molecular weight is 369 g/mol. The van der Waals surface area contributed by atoms with Crippen molar-refractivity contribution in [2.45, 2.75) is 31.3 Å². The molecule has 0 bridgehead atoms. The van der Waals surface area contributed by atoms with E-state index in [1.54, 1.807) is 21.1 Å². The maximum Gasteiger partial charge on any atom is 0.247 e. The van der Waals surface area contributed by atoms with Gasteiger partial charge in [-0.15, -0.1) is 0 Å². The van der Waals surface area contributed by atoms with E-state index in [2.05, 4.69) is 21.2 Å². The highest BCUT2D eigenvalue weighted by Crippen LogP contribution is 2.29. The van der Waals surface area contributed by atoms with E-state index in [0.29, 0.717) is 25.5 Å². The Balaban J connectivity index is 3.13. The minimum atomic E-state index is -3.62. The van der Waals surface area contributed by atoms with Crippen LogP contribution < -0.4 is 5.32 Å². The monoisotopic (exact) mass is 368 g/mol. The summed E-state index contributed by atoms with van der Waals surface area (Å²) in [6.07, 6.45) is 0. The van der Waals surface area contributed by atoms with Crippen molar-refractivity contribution in [3.05, 3.63) is 16.5 Å². The van der Waals surface area contributed by atoms with Crippen molar-refractivity contribution in [2.24, 2.45) is 0 Å². The van der Waals surface area contributed by atoms with Gasteiger partial charge in [0, 0.05) is 25.8 Å². The Hall–Kier alpha value is -0.410. The molecule has 0 amide bonds. The first-order chi connectivity index (χ1) is 9.38. The Morgan fingerprint density at radius 3 is 2.70 bits per heavy atom. The minimum Gasteiger partial charge on any atom is -0.452 e. The highest BCUT2D eigenvalue weighted by Gasteiger charge is 2.31. The fourth-order valence-corrected chi connectivity index (χ4v) is 4.59. The zero-order valence-electron chi connectivity index (χ0n) is 12.1. The smallest absolute Gasteiger partial charge is 0.247 e. The summed E-state index contributed by atoms with van der Waals surface area (Å²) in [6, 6.07) is 1.29. The molecule has 0 aliphatic rings. The lowest BCUT2D eigenvalue weighted by Crippen LogP contribution is -2.40. The second-order valence-corrected chi connectivity index (χ2v) is 6.97. The molecule has 20 heavy (non-hydrogen) atoms. The first-order valence-electron chi connectivity index (χ1n) is 6.32. The van der Waals surface area contributed by atoms with E-state index >= 15 is 0 Å². The van der Waals surface area contributed by atoms with Crippen LogP contribution in [0.1, 0.15) is 19.6 Å². The van der Waals surface area contributed by atoms with Gasteiger partial charge in [0.25, 0.3) is 0 Å². The molecular formula is C12H21BrN2O4S. The average Bonchev–Trinajstić information content (AvgIpc) is 2.72. The molecule has 8 heteroatoms. The maximum atomic E-state index is 12.7. The molecule has 0 radical (unpaired) electrons. The molecule has 0 spiro atoms. The summed E-state index contributed by atoms with van der Waals surface area (Å²) in [6.45, 7) is 4.78. The highest BCUT2D eigenvalue weighted by atomic mass is 79.9. The quantitative estimate of drug-likeness (QED) is 0.757. The van der Waals surface area contributed by atoms with Crippen LogP contribution in [0.5, 0.6) is 0 Å². The number of nitrogens with zero attached hydrogens (tertiary/aromatic N) is 1. The number of hydrogen-bond donors (Lipinski definition) is 1. The van der Waals surface area contributed by atoms with Gasteiger partial charge in [0.2, 0.25) is 10.0 Å². The van der Waals surface area contributed by atoms with Crippen LogP contribution in [-0.2, 0) is 21.3 Å². The van der Waals surface area contributed by atoms with Gasteiger partial charge in [-0.2, -0.15) is 4.31 Å². The number of hydrogen-bond acceptors (Lipinski definition) is 5. The molecule has 1 atom stereocenters. The highest BCUT2D eigenvalue weighted by molar-refractivity contribution is 9.10. The lowest BCUT2D eigenvalue weighted by Gasteiger charge is -2.26. The van der Waals surface area contributed by atoms with Gasteiger partial charge >= 0.3 is 0 Å². The van der Waals surface area contributed by atoms with Gasteiger partial charge in [0.05, 0.1) is 13.2 Å². The van der Waals surface area contributed by atoms with E-state index in [4.69, 9.17) is 9.15 Å². The molecule has 1 heterocycles. The van der Waals surface area contributed by atoms with Gasteiger partial charge in [-0.25, -0.2) is 8.42 Å². The number of furan rings is 1. The first-order valence-corrected chi connectivity index (χ1v) is 8.55. The van der Waals surface area contributed by atoms with Crippen LogP contribution in [-0.4, -0.2) is 46.1 Å². The summed E-state index contributed by atoms with van der Waals surface area (Å²) in [5.74, 6) is 0.563. The summed E-state index contributed by atoms with van der Waals surface area (Å²) >= 11 is 3.18. The lowest BCUT2D eigenvalue weighted by molar-refractivity contribution is 0.142. The third-order valence-corrected chi connectivity index (χ3v) is 5.80. The number of sulfonamides is 1. The molecule has 1 rings (SSSR count). The van der Waals surface area contributed by atoms with Crippen molar-refractivity contribution in [3.63, 3.8) is 0 Å². The van der Waals surface area contributed by atoms with Crippen molar-refractivity contribution < 1.29 is 17.6 Å². The summed E-state index contributed by atoms with van der Waals surface area (Å²) in [5, 5.41) is 2.92. The topological polar surface area (TPSA) is 71.8 Å². The third-order valence-electron chi connectivity index (χ3n) is 2.86. The lowest BCUT2D eigenvalue weighted by atomic mass is 10.4. The second-order valence-electron chi connectivity index (χ2n) is 4.39. The predicted molar refractivity (Wildman–Crippen MR) is 80.1 cm³/mol. The van der Waals surface area contributed by atoms with Crippen LogP contribution in [0.4, 0.5) is 0 Å². The molecule has 1 aromatic rings. The molecule has 1 N–H and O–H groups in total.